The van der Waals surface area contributed by atoms with Crippen molar-refractivity contribution in [2.45, 2.75) is 0 Å². The van der Waals surface area contributed by atoms with E-state index in [9.17, 15) is 0 Å². The molecule has 0 aliphatic heterocycles. The van der Waals surface area contributed by atoms with Crippen molar-refractivity contribution in [1.29, 1.82) is 0 Å². The molecule has 11 aromatic carbocycles. The van der Waals surface area contributed by atoms with Crippen molar-refractivity contribution in [3.05, 3.63) is 237 Å². The van der Waals surface area contributed by atoms with Gasteiger partial charge in [0.15, 0.2) is 0 Å². The van der Waals surface area contributed by atoms with Crippen LogP contribution in [0.25, 0.3) is 119 Å². The minimum absolute atomic E-state index is 0.883. The molecule has 318 valence electrons. The van der Waals surface area contributed by atoms with Gasteiger partial charge in [-0.25, -0.2) is 0 Å². The number of nitrogens with zero attached hydrogens (tertiary/aromatic N) is 1. The van der Waals surface area contributed by atoms with Crippen LogP contribution >= 0.6 is 11.3 Å². The first-order valence-electron chi connectivity index (χ1n) is 23.1. The maximum absolute atomic E-state index is 6.93. The van der Waals surface area contributed by atoms with Crippen LogP contribution in [0.5, 0.6) is 0 Å². The fourth-order valence-electron chi connectivity index (χ4n) is 10.4. The number of anilines is 3. The van der Waals surface area contributed by atoms with Crippen LogP contribution in [0.4, 0.5) is 17.1 Å². The predicted molar refractivity (Wildman–Crippen MR) is 288 cm³/mol. The highest BCUT2D eigenvalue weighted by Gasteiger charge is 2.22. The van der Waals surface area contributed by atoms with Crippen LogP contribution in [-0.4, -0.2) is 0 Å². The number of furan rings is 2. The number of rotatable bonds is 7. The first-order valence-corrected chi connectivity index (χ1v) is 23.9. The van der Waals surface area contributed by atoms with Gasteiger partial charge in [0.2, 0.25) is 0 Å². The third kappa shape index (κ3) is 6.12. The van der Waals surface area contributed by atoms with E-state index < -0.39 is 0 Å². The van der Waals surface area contributed by atoms with Gasteiger partial charge in [0, 0.05) is 75.2 Å². The fourth-order valence-corrected chi connectivity index (χ4v) is 11.7. The highest BCUT2D eigenvalue weighted by Crippen LogP contribution is 2.47. The number of benzene rings is 11. The molecule has 0 N–H and O–H groups in total. The summed E-state index contributed by atoms with van der Waals surface area (Å²) in [5.41, 5.74) is 15.9. The summed E-state index contributed by atoms with van der Waals surface area (Å²) in [6.45, 7) is 0. The Bertz CT molecular complexity index is 4250. The summed E-state index contributed by atoms with van der Waals surface area (Å²) in [6.07, 6.45) is 0. The van der Waals surface area contributed by atoms with E-state index in [1.165, 1.54) is 36.7 Å². The van der Waals surface area contributed by atoms with Gasteiger partial charge < -0.3 is 13.7 Å². The second-order valence-electron chi connectivity index (χ2n) is 17.5. The molecule has 0 spiro atoms. The van der Waals surface area contributed by atoms with E-state index in [0.29, 0.717) is 0 Å². The summed E-state index contributed by atoms with van der Waals surface area (Å²) in [5, 5.41) is 9.39. The normalized spacial score (nSPS) is 11.8. The van der Waals surface area contributed by atoms with Crippen molar-refractivity contribution in [2.75, 3.05) is 4.90 Å². The van der Waals surface area contributed by atoms with E-state index in [0.717, 1.165) is 99.7 Å². The molecule has 4 heteroatoms. The van der Waals surface area contributed by atoms with E-state index in [4.69, 9.17) is 8.83 Å². The van der Waals surface area contributed by atoms with Crippen LogP contribution in [0.1, 0.15) is 0 Å². The molecule has 0 fully saturated rings. The van der Waals surface area contributed by atoms with Crippen molar-refractivity contribution in [3.8, 4) is 44.5 Å². The number of hydrogen-bond donors (Lipinski definition) is 0. The smallest absolute Gasteiger partial charge is 0.143 e. The van der Waals surface area contributed by atoms with Gasteiger partial charge in [-0.15, -0.1) is 11.3 Å². The van der Waals surface area contributed by atoms with Crippen LogP contribution in [-0.2, 0) is 0 Å². The lowest BCUT2D eigenvalue weighted by molar-refractivity contribution is 0.670. The highest BCUT2D eigenvalue weighted by atomic mass is 32.1. The third-order valence-electron chi connectivity index (χ3n) is 13.7. The van der Waals surface area contributed by atoms with Gasteiger partial charge in [0.05, 0.1) is 5.69 Å². The lowest BCUT2D eigenvalue weighted by Crippen LogP contribution is -2.11. The number of thiophene rings is 1. The second kappa shape index (κ2) is 15.5. The van der Waals surface area contributed by atoms with Gasteiger partial charge in [-0.3, -0.25) is 0 Å². The van der Waals surface area contributed by atoms with Crippen molar-refractivity contribution >= 4 is 103 Å². The average molecular weight is 886 g/mol. The molecule has 0 amide bonds. The minimum Gasteiger partial charge on any atom is -0.455 e. The van der Waals surface area contributed by atoms with Crippen LogP contribution in [0.3, 0.4) is 0 Å². The Morgan fingerprint density at radius 2 is 0.809 bits per heavy atom. The largest absolute Gasteiger partial charge is 0.455 e. The summed E-state index contributed by atoms with van der Waals surface area (Å²) in [4.78, 5) is 2.39. The van der Waals surface area contributed by atoms with Gasteiger partial charge in [0.25, 0.3) is 0 Å². The third-order valence-corrected chi connectivity index (χ3v) is 14.9. The minimum atomic E-state index is 0.883. The standard InChI is InChI=1S/C64H39NO2S/c1-2-13-47-42(12-1)34-39-56-55-21-11-19-53(63(55)67-62(47)56)50-14-3-6-23-58(50)65(46-37-32-44(33-38-46)49-18-10-22-57-52-16-5-8-25-60(52)68-64(49)57)45-35-30-41(31-36-45)40-26-28-43(29-27-40)48-17-9-20-54-51-15-4-7-24-59(51)66-61(48)54/h1-39H. The molecule has 0 radical (unpaired) electrons. The fraction of sp³-hybridized carbons (Fsp3) is 0. The molecular weight excluding hydrogens is 847 g/mol. The van der Waals surface area contributed by atoms with E-state index in [2.05, 4.69) is 229 Å². The Balaban J connectivity index is 0.882. The van der Waals surface area contributed by atoms with Crippen molar-refractivity contribution in [1.82, 2.24) is 0 Å². The number of hydrogen-bond acceptors (Lipinski definition) is 4. The van der Waals surface area contributed by atoms with Crippen LogP contribution in [0.2, 0.25) is 0 Å². The molecule has 0 aliphatic rings. The molecule has 0 saturated carbocycles. The first kappa shape index (κ1) is 38.6. The van der Waals surface area contributed by atoms with Crippen molar-refractivity contribution in [2.24, 2.45) is 0 Å². The van der Waals surface area contributed by atoms with Gasteiger partial charge in [-0.05, 0) is 81.7 Å². The lowest BCUT2D eigenvalue weighted by Gasteiger charge is -2.28. The van der Waals surface area contributed by atoms with Gasteiger partial charge in [-0.2, -0.15) is 0 Å². The van der Waals surface area contributed by atoms with Crippen LogP contribution in [0.15, 0.2) is 245 Å². The Morgan fingerprint density at radius 1 is 0.294 bits per heavy atom. The van der Waals surface area contributed by atoms with Gasteiger partial charge in [-0.1, -0.05) is 188 Å². The Kier molecular flexibility index (Phi) is 8.76. The zero-order valence-electron chi connectivity index (χ0n) is 36.7. The molecule has 3 nitrogen and oxygen atoms in total. The topological polar surface area (TPSA) is 29.5 Å². The summed E-state index contributed by atoms with van der Waals surface area (Å²) in [6, 6.07) is 85.1. The highest BCUT2D eigenvalue weighted by molar-refractivity contribution is 7.26. The number of para-hydroxylation sites is 4. The van der Waals surface area contributed by atoms with Gasteiger partial charge >= 0.3 is 0 Å². The van der Waals surface area contributed by atoms with E-state index in [1.54, 1.807) is 0 Å². The molecule has 0 saturated heterocycles. The first-order chi connectivity index (χ1) is 33.7. The van der Waals surface area contributed by atoms with E-state index in [-0.39, 0.29) is 0 Å². The Labute approximate surface area is 396 Å². The monoisotopic (exact) mass is 885 g/mol. The summed E-state index contributed by atoms with van der Waals surface area (Å²) >= 11 is 1.87. The molecule has 3 aromatic heterocycles. The molecule has 0 unspecified atom stereocenters. The quantitative estimate of drug-likeness (QED) is 0.160. The summed E-state index contributed by atoms with van der Waals surface area (Å²) in [7, 11) is 0. The molecule has 0 aliphatic carbocycles. The maximum Gasteiger partial charge on any atom is 0.143 e. The Hall–Kier alpha value is -8.70. The molecule has 68 heavy (non-hydrogen) atoms. The summed E-state index contributed by atoms with van der Waals surface area (Å²) < 4.78 is 15.9. The molecule has 14 rings (SSSR count). The zero-order valence-corrected chi connectivity index (χ0v) is 37.5. The predicted octanol–water partition coefficient (Wildman–Crippen LogP) is 19.1. The molecule has 0 bridgehead atoms. The molecular formula is C64H39NO2S. The van der Waals surface area contributed by atoms with Crippen LogP contribution in [0, 0.1) is 0 Å². The van der Waals surface area contributed by atoms with Crippen molar-refractivity contribution < 1.29 is 8.83 Å². The molecule has 0 atom stereocenters. The zero-order chi connectivity index (χ0) is 44.7. The summed E-state index contributed by atoms with van der Waals surface area (Å²) in [5.74, 6) is 0. The molecule has 14 aromatic rings. The lowest BCUT2D eigenvalue weighted by atomic mass is 9.97. The number of fused-ring (bicyclic) bond motifs is 11. The SMILES string of the molecule is c1ccc(N(c2ccc(-c3ccc(-c4cccc5c4oc4ccccc45)cc3)cc2)c2ccc(-c3cccc4c3sc3ccccc34)cc2)c(-c2cccc3c2oc2c4ccccc4ccc32)c1. The Morgan fingerprint density at radius 3 is 1.60 bits per heavy atom. The van der Waals surface area contributed by atoms with E-state index >= 15 is 0 Å². The maximum atomic E-state index is 6.93. The average Bonchev–Trinajstić information content (AvgIpc) is 4.11. The molecule has 3 heterocycles. The van der Waals surface area contributed by atoms with Crippen molar-refractivity contribution in [3.63, 3.8) is 0 Å². The second-order valence-corrected chi connectivity index (χ2v) is 18.6. The van der Waals surface area contributed by atoms with E-state index in [1.807, 2.05) is 23.5 Å². The van der Waals surface area contributed by atoms with Crippen LogP contribution < -0.4 is 4.90 Å². The van der Waals surface area contributed by atoms with Gasteiger partial charge in [0.1, 0.15) is 22.3 Å².